The Hall–Kier alpha value is -1.42. The Bertz CT molecular complexity index is 1390. The number of likely N-dealkylation sites (tertiary alicyclic amines) is 4. The largest absolute Gasteiger partial charge is 0.387 e. The summed E-state index contributed by atoms with van der Waals surface area (Å²) in [6.45, 7) is 25.3. The molecule has 0 saturated carbocycles. The molecule has 0 aliphatic carbocycles. The van der Waals surface area contributed by atoms with Crippen LogP contribution in [0.15, 0.2) is 22.5 Å². The molecule has 12 heterocycles. The van der Waals surface area contributed by atoms with Crippen LogP contribution in [0.1, 0.15) is 77.0 Å². The average molecular weight is 902 g/mol. The minimum Gasteiger partial charge on any atom is -0.387 e. The highest BCUT2D eigenvalue weighted by molar-refractivity contribution is 5.85. The van der Waals surface area contributed by atoms with Crippen molar-refractivity contribution < 1.29 is 4.79 Å². The van der Waals surface area contributed by atoms with Crippen LogP contribution in [0.2, 0.25) is 0 Å². The first-order valence-electron chi connectivity index (χ1n) is 24.4. The van der Waals surface area contributed by atoms with Crippen molar-refractivity contribution in [2.75, 3.05) is 173 Å². The molecule has 12 aliphatic heterocycles. The van der Waals surface area contributed by atoms with E-state index in [0.717, 1.165) is 45.6 Å². The van der Waals surface area contributed by atoms with Crippen LogP contribution in [-0.4, -0.2) is 254 Å². The molecule has 12 aliphatic rings. The fourth-order valence-electron chi connectivity index (χ4n) is 12.4. The lowest BCUT2D eigenvalue weighted by Gasteiger charge is -2.23. The fraction of sp³-hybridized carbons (Fsp3) is 0.894. The lowest BCUT2D eigenvalue weighted by Crippen LogP contribution is -2.33. The fourth-order valence-corrected chi connectivity index (χ4v) is 12.4. The lowest BCUT2D eigenvalue weighted by atomic mass is 9.86. The number of hydrogen-bond donors (Lipinski definition) is 7. The first-order valence-corrected chi connectivity index (χ1v) is 24.4. The molecule has 19 heteroatoms. The summed E-state index contributed by atoms with van der Waals surface area (Å²) in [7, 11) is 11.0. The van der Waals surface area contributed by atoms with Crippen molar-refractivity contribution in [3.8, 4) is 0 Å². The summed E-state index contributed by atoms with van der Waals surface area (Å²) in [6.07, 6.45) is 15.7. The topological polar surface area (TPSA) is 117 Å². The molecular formula is C47H88B6N12O. The number of rotatable bonds is 0. The van der Waals surface area contributed by atoms with Crippen molar-refractivity contribution >= 4 is 56.4 Å². The molecule has 7 N–H and O–H groups in total. The van der Waals surface area contributed by atoms with Crippen molar-refractivity contribution in [2.45, 2.75) is 77.0 Å². The Morgan fingerprint density at radius 3 is 1.21 bits per heavy atom. The molecule has 360 valence electrons. The molecule has 8 fully saturated rings. The molecule has 0 aromatic heterocycles. The van der Waals surface area contributed by atoms with E-state index in [-0.39, 0.29) is 61.8 Å². The van der Waals surface area contributed by atoms with Crippen LogP contribution in [0, 0.1) is 21.7 Å². The molecule has 0 aromatic carbocycles. The lowest BCUT2D eigenvalue weighted by molar-refractivity contribution is -0.127. The minimum atomic E-state index is -0.00521. The maximum atomic E-state index is 11.4. The molecule has 13 nitrogen and oxygen atoms in total. The van der Waals surface area contributed by atoms with Gasteiger partial charge >= 0.3 is 0 Å². The van der Waals surface area contributed by atoms with E-state index in [9.17, 15) is 4.79 Å². The second kappa shape index (κ2) is 29.1. The third kappa shape index (κ3) is 16.9. The van der Waals surface area contributed by atoms with Crippen molar-refractivity contribution in [3.63, 3.8) is 0 Å². The third-order valence-electron chi connectivity index (χ3n) is 16.3. The number of carbonyl (C=O) groups excluding carboxylic acids is 1. The van der Waals surface area contributed by atoms with Crippen LogP contribution in [0.3, 0.4) is 0 Å². The molecule has 18 radical (unpaired) electrons. The highest BCUT2D eigenvalue weighted by atomic mass is 16.2. The molecule has 0 aromatic rings. The average Bonchev–Trinajstić information content (AvgIpc) is 4.09. The van der Waals surface area contributed by atoms with Gasteiger partial charge in [-0.2, -0.15) is 0 Å². The van der Waals surface area contributed by atoms with Crippen LogP contribution in [-0.2, 0) is 4.79 Å². The van der Waals surface area contributed by atoms with E-state index in [1.807, 2.05) is 0 Å². The Morgan fingerprint density at radius 1 is 0.394 bits per heavy atom. The van der Waals surface area contributed by atoms with Crippen LogP contribution in [0.4, 0.5) is 0 Å². The van der Waals surface area contributed by atoms with Gasteiger partial charge in [-0.05, 0) is 192 Å². The molecule has 12 rings (SSSR count). The number of nitrogens with zero attached hydrogens (tertiary/aromatic N) is 5. The van der Waals surface area contributed by atoms with Gasteiger partial charge in [0, 0.05) is 147 Å². The Morgan fingerprint density at radius 2 is 0.833 bits per heavy atom. The molecule has 1 amide bonds. The predicted molar refractivity (Wildman–Crippen MR) is 282 cm³/mol. The second-order valence-electron chi connectivity index (χ2n) is 21.5. The highest BCUT2D eigenvalue weighted by Crippen LogP contribution is 2.38. The quantitative estimate of drug-likeness (QED) is 0.155. The van der Waals surface area contributed by atoms with E-state index in [1.54, 1.807) is 11.1 Å². The molecule has 4 spiro atoms. The van der Waals surface area contributed by atoms with Crippen molar-refractivity contribution in [3.05, 3.63) is 22.5 Å². The van der Waals surface area contributed by atoms with Gasteiger partial charge in [0.05, 0.1) is 5.41 Å². The van der Waals surface area contributed by atoms with Crippen molar-refractivity contribution in [1.29, 1.82) is 0 Å². The van der Waals surface area contributed by atoms with Crippen molar-refractivity contribution in [2.24, 2.45) is 21.7 Å². The van der Waals surface area contributed by atoms with E-state index in [2.05, 4.69) is 97.0 Å². The van der Waals surface area contributed by atoms with Gasteiger partial charge in [0.2, 0.25) is 5.91 Å². The Labute approximate surface area is 415 Å². The summed E-state index contributed by atoms with van der Waals surface area (Å²) >= 11 is 0. The SMILES string of the molecule is C1CC2=C(CN1)NCC2.CN1CCC2(CCNC2)C1.CN1CCC2(CCNC2=O)C1.CN1CCC2=C(C1)NCC2.CN1CC[C@@]2(CCNC2)C1.CN1CC[C@]2(CCNC2)C1.[B].[B].[B].[B].[B].[B]. The summed E-state index contributed by atoms with van der Waals surface area (Å²) in [6, 6.07) is 0. The summed E-state index contributed by atoms with van der Waals surface area (Å²) in [5, 5.41) is 23.4. The standard InChI is InChI=1S/C8H14N2O.3C8H16N2.C8H14N2.C7H12N2.6B/c1-10-5-3-8(6-10)2-4-9-7(8)11;3*1-10-5-3-8(7-10)2-4-9-6-8;1-10-5-3-7-2-4-9-8(7)6-10;1-3-8-5-7-6(1)2-4-9-7;;;;;;/h2-6H2,1H3,(H,9,11);3*9H,2-7H2,1H3;9H,2-6H2,1H3;8-9H,1-5H2;;;;;;/t;2*8-;;;;;;;;;/m.10........./s1. The molecular weight excluding hydrogens is 813 g/mol. The minimum absolute atomic E-state index is 0. The van der Waals surface area contributed by atoms with Gasteiger partial charge in [-0.1, -0.05) is 0 Å². The summed E-state index contributed by atoms with van der Waals surface area (Å²) < 4.78 is 0. The summed E-state index contributed by atoms with van der Waals surface area (Å²) in [4.78, 5) is 23.4. The van der Waals surface area contributed by atoms with Crippen LogP contribution in [0.5, 0.6) is 0 Å². The zero-order valence-corrected chi connectivity index (χ0v) is 42.4. The van der Waals surface area contributed by atoms with Crippen molar-refractivity contribution in [1.82, 2.24) is 61.7 Å². The molecule has 66 heavy (non-hydrogen) atoms. The van der Waals surface area contributed by atoms with E-state index >= 15 is 0 Å². The van der Waals surface area contributed by atoms with Gasteiger partial charge in [-0.15, -0.1) is 0 Å². The highest BCUT2D eigenvalue weighted by Gasteiger charge is 2.46. The van der Waals surface area contributed by atoms with Gasteiger partial charge in [0.15, 0.2) is 0 Å². The van der Waals surface area contributed by atoms with E-state index < -0.39 is 0 Å². The van der Waals surface area contributed by atoms with Gasteiger partial charge in [0.1, 0.15) is 0 Å². The van der Waals surface area contributed by atoms with E-state index in [0.29, 0.717) is 16.2 Å². The zero-order valence-electron chi connectivity index (χ0n) is 42.4. The van der Waals surface area contributed by atoms with E-state index in [1.165, 1.54) is 180 Å². The first kappa shape index (κ1) is 62.6. The Kier molecular flexibility index (Phi) is 27.6. The number of carbonyl (C=O) groups is 1. The van der Waals surface area contributed by atoms with E-state index in [4.69, 9.17) is 0 Å². The predicted octanol–water partition coefficient (Wildman–Crippen LogP) is -0.755. The molecule has 4 atom stereocenters. The number of hydrogen-bond acceptors (Lipinski definition) is 12. The third-order valence-corrected chi connectivity index (χ3v) is 16.3. The van der Waals surface area contributed by atoms with Gasteiger partial charge in [0.25, 0.3) is 0 Å². The second-order valence-corrected chi connectivity index (χ2v) is 21.5. The first-order chi connectivity index (χ1) is 29.0. The van der Waals surface area contributed by atoms with Crippen LogP contribution >= 0.6 is 0 Å². The zero-order chi connectivity index (χ0) is 42.1. The number of nitrogens with one attached hydrogen (secondary N) is 7. The normalized spacial score (nSPS) is 32.9. The number of amides is 1. The van der Waals surface area contributed by atoms with Gasteiger partial charge in [-0.3, -0.25) is 4.79 Å². The van der Waals surface area contributed by atoms with Gasteiger partial charge < -0.3 is 61.7 Å². The molecule has 8 saturated heterocycles. The molecule has 0 bridgehead atoms. The maximum Gasteiger partial charge on any atom is 0.227 e. The molecule has 2 unspecified atom stereocenters. The maximum absolute atomic E-state index is 11.4. The van der Waals surface area contributed by atoms with Crippen LogP contribution < -0.4 is 37.2 Å². The monoisotopic (exact) mass is 903 g/mol. The number of likely N-dealkylation sites (N-methyl/N-ethyl adjacent to an activating group) is 1. The van der Waals surface area contributed by atoms with Crippen LogP contribution in [0.25, 0.3) is 0 Å². The summed E-state index contributed by atoms with van der Waals surface area (Å²) in [5.74, 6) is 0.279. The Balaban J connectivity index is 0.000000389. The summed E-state index contributed by atoms with van der Waals surface area (Å²) in [5.41, 5.74) is 8.34. The van der Waals surface area contributed by atoms with Gasteiger partial charge in [-0.25, -0.2) is 0 Å². The smallest absolute Gasteiger partial charge is 0.227 e.